The molecule has 37 heavy (non-hydrogen) atoms. The molecule has 0 aliphatic carbocycles. The van der Waals surface area contributed by atoms with Crippen LogP contribution in [-0.2, 0) is 14.8 Å². The Morgan fingerprint density at radius 3 is 2.05 bits per heavy atom. The summed E-state index contributed by atoms with van der Waals surface area (Å²) in [6, 6.07) is 20.6. The molecule has 0 saturated carbocycles. The number of benzene rings is 3. The fraction of sp³-hybridized carbons (Fsp3) is 0.345. The number of carbonyl (C=O) groups is 1. The highest BCUT2D eigenvalue weighted by atomic mass is 32.2. The quantitative estimate of drug-likeness (QED) is 0.338. The molecular formula is C29H36N2O5S. The standard InChI is InChI=1S/C29H36N2O5S/c1-6-36-26-15-17-27(18-16-26)37(33,34)31(24-11-7-22(4)8-12-24)20-29(32)30-28(19-21(2)3)23-9-13-25(35-5)14-10-23/h7-18,21,28H,6,19-20H2,1-5H3,(H,30,32)/t28-/m1/s1. The van der Waals surface area contributed by atoms with Crippen molar-refractivity contribution in [2.45, 2.75) is 45.1 Å². The fourth-order valence-electron chi connectivity index (χ4n) is 3.98. The Morgan fingerprint density at radius 1 is 0.919 bits per heavy atom. The van der Waals surface area contributed by atoms with E-state index in [1.807, 2.05) is 50.2 Å². The number of hydrogen-bond donors (Lipinski definition) is 1. The van der Waals surface area contributed by atoms with E-state index in [0.29, 0.717) is 30.4 Å². The van der Waals surface area contributed by atoms with Gasteiger partial charge in [0.25, 0.3) is 10.0 Å². The van der Waals surface area contributed by atoms with Crippen LogP contribution < -0.4 is 19.1 Å². The van der Waals surface area contributed by atoms with Crippen LogP contribution in [0, 0.1) is 12.8 Å². The van der Waals surface area contributed by atoms with Gasteiger partial charge in [0.05, 0.1) is 30.3 Å². The van der Waals surface area contributed by atoms with Crippen molar-refractivity contribution in [3.05, 3.63) is 83.9 Å². The number of carbonyl (C=O) groups excluding carboxylic acids is 1. The third-order valence-electron chi connectivity index (χ3n) is 5.89. The normalized spacial score (nSPS) is 12.2. The van der Waals surface area contributed by atoms with Crippen molar-refractivity contribution in [3.8, 4) is 11.5 Å². The first-order valence-corrected chi connectivity index (χ1v) is 13.8. The minimum Gasteiger partial charge on any atom is -0.497 e. The zero-order valence-electron chi connectivity index (χ0n) is 22.1. The summed E-state index contributed by atoms with van der Waals surface area (Å²) >= 11 is 0. The topological polar surface area (TPSA) is 84.9 Å². The van der Waals surface area contributed by atoms with Gasteiger partial charge in [0.1, 0.15) is 18.0 Å². The van der Waals surface area contributed by atoms with Crippen molar-refractivity contribution in [1.82, 2.24) is 5.32 Å². The van der Waals surface area contributed by atoms with Crippen molar-refractivity contribution in [1.29, 1.82) is 0 Å². The molecule has 8 heteroatoms. The minimum atomic E-state index is -4.03. The van der Waals surface area contributed by atoms with Crippen LogP contribution in [0.5, 0.6) is 11.5 Å². The van der Waals surface area contributed by atoms with E-state index >= 15 is 0 Å². The van der Waals surface area contributed by atoms with E-state index in [4.69, 9.17) is 9.47 Å². The Kier molecular flexibility index (Phi) is 9.58. The zero-order chi connectivity index (χ0) is 27.0. The van der Waals surface area contributed by atoms with Crippen LogP contribution in [-0.4, -0.2) is 34.6 Å². The fourth-order valence-corrected chi connectivity index (χ4v) is 5.41. The maximum absolute atomic E-state index is 13.7. The average Bonchev–Trinajstić information content (AvgIpc) is 2.88. The molecule has 0 aliphatic heterocycles. The second kappa shape index (κ2) is 12.6. The van der Waals surface area contributed by atoms with E-state index < -0.39 is 15.9 Å². The lowest BCUT2D eigenvalue weighted by Crippen LogP contribution is -2.42. The minimum absolute atomic E-state index is 0.0817. The highest BCUT2D eigenvalue weighted by Gasteiger charge is 2.28. The summed E-state index contributed by atoms with van der Waals surface area (Å²) in [5.41, 5.74) is 2.33. The van der Waals surface area contributed by atoms with Gasteiger partial charge >= 0.3 is 0 Å². The molecule has 1 amide bonds. The summed E-state index contributed by atoms with van der Waals surface area (Å²) in [6.07, 6.45) is 0.703. The molecule has 7 nitrogen and oxygen atoms in total. The molecule has 0 heterocycles. The Morgan fingerprint density at radius 2 is 1.51 bits per heavy atom. The van der Waals surface area contributed by atoms with Gasteiger partial charge in [0.15, 0.2) is 0 Å². The Labute approximate surface area is 220 Å². The third-order valence-corrected chi connectivity index (χ3v) is 7.68. The van der Waals surface area contributed by atoms with Crippen molar-refractivity contribution in [3.63, 3.8) is 0 Å². The van der Waals surface area contributed by atoms with Gasteiger partial charge < -0.3 is 14.8 Å². The molecule has 0 aromatic heterocycles. The molecular weight excluding hydrogens is 488 g/mol. The van der Waals surface area contributed by atoms with Gasteiger partial charge in [-0.3, -0.25) is 9.10 Å². The lowest BCUT2D eigenvalue weighted by molar-refractivity contribution is -0.120. The lowest BCUT2D eigenvalue weighted by Gasteiger charge is -2.27. The van der Waals surface area contributed by atoms with E-state index in [-0.39, 0.29) is 17.5 Å². The molecule has 0 fully saturated rings. The van der Waals surface area contributed by atoms with Gasteiger partial charge in [-0.1, -0.05) is 43.7 Å². The van der Waals surface area contributed by atoms with Crippen molar-refractivity contribution in [2.75, 3.05) is 24.6 Å². The van der Waals surface area contributed by atoms with Crippen molar-refractivity contribution >= 4 is 21.6 Å². The van der Waals surface area contributed by atoms with Gasteiger partial charge in [-0.15, -0.1) is 0 Å². The number of hydrogen-bond acceptors (Lipinski definition) is 5. The molecule has 3 aromatic carbocycles. The number of ether oxygens (including phenoxy) is 2. The van der Waals surface area contributed by atoms with Crippen molar-refractivity contribution in [2.24, 2.45) is 5.92 Å². The van der Waals surface area contributed by atoms with Gasteiger partial charge in [0, 0.05) is 0 Å². The monoisotopic (exact) mass is 524 g/mol. The summed E-state index contributed by atoms with van der Waals surface area (Å²) in [7, 11) is -2.42. The number of amides is 1. The highest BCUT2D eigenvalue weighted by Crippen LogP contribution is 2.27. The van der Waals surface area contributed by atoms with Gasteiger partial charge in [0.2, 0.25) is 5.91 Å². The summed E-state index contributed by atoms with van der Waals surface area (Å²) in [4.78, 5) is 13.4. The molecule has 0 unspecified atom stereocenters. The van der Waals surface area contributed by atoms with Crippen LogP contribution in [0.3, 0.4) is 0 Å². The maximum Gasteiger partial charge on any atom is 0.264 e. The van der Waals surface area contributed by atoms with E-state index in [2.05, 4.69) is 19.2 Å². The lowest BCUT2D eigenvalue weighted by atomic mass is 9.97. The van der Waals surface area contributed by atoms with Crippen LogP contribution in [0.15, 0.2) is 77.7 Å². The molecule has 0 bridgehead atoms. The second-order valence-electron chi connectivity index (χ2n) is 9.27. The summed E-state index contributed by atoms with van der Waals surface area (Å²) in [6.45, 7) is 8.07. The Bertz CT molecular complexity index is 1260. The number of nitrogens with zero attached hydrogens (tertiary/aromatic N) is 1. The smallest absolute Gasteiger partial charge is 0.264 e. The molecule has 1 N–H and O–H groups in total. The largest absolute Gasteiger partial charge is 0.497 e. The van der Waals surface area contributed by atoms with Crippen LogP contribution in [0.1, 0.15) is 44.4 Å². The molecule has 198 valence electrons. The van der Waals surface area contributed by atoms with Crippen LogP contribution >= 0.6 is 0 Å². The number of sulfonamides is 1. The zero-order valence-corrected chi connectivity index (χ0v) is 22.9. The average molecular weight is 525 g/mol. The summed E-state index contributed by atoms with van der Waals surface area (Å²) < 4.78 is 39.3. The van der Waals surface area contributed by atoms with Gasteiger partial charge in [-0.05, 0) is 80.3 Å². The Balaban J connectivity index is 1.90. The SMILES string of the molecule is CCOc1ccc(S(=O)(=O)N(CC(=O)N[C@H](CC(C)C)c2ccc(OC)cc2)c2ccc(C)cc2)cc1. The maximum atomic E-state index is 13.7. The molecule has 0 spiro atoms. The Hall–Kier alpha value is -3.52. The molecule has 0 saturated heterocycles. The highest BCUT2D eigenvalue weighted by molar-refractivity contribution is 7.92. The predicted molar refractivity (Wildman–Crippen MR) is 147 cm³/mol. The third kappa shape index (κ3) is 7.49. The first-order chi connectivity index (χ1) is 17.6. The van der Waals surface area contributed by atoms with Gasteiger partial charge in [-0.2, -0.15) is 0 Å². The van der Waals surface area contributed by atoms with E-state index in [1.165, 1.54) is 12.1 Å². The number of rotatable bonds is 12. The first kappa shape index (κ1) is 28.1. The van der Waals surface area contributed by atoms with E-state index in [0.717, 1.165) is 21.2 Å². The van der Waals surface area contributed by atoms with Crippen molar-refractivity contribution < 1.29 is 22.7 Å². The van der Waals surface area contributed by atoms with E-state index in [1.54, 1.807) is 31.4 Å². The molecule has 0 aliphatic rings. The first-order valence-electron chi connectivity index (χ1n) is 12.4. The molecule has 3 aromatic rings. The van der Waals surface area contributed by atoms with E-state index in [9.17, 15) is 13.2 Å². The predicted octanol–water partition coefficient (Wildman–Crippen LogP) is 5.50. The summed E-state index contributed by atoms with van der Waals surface area (Å²) in [5.74, 6) is 1.23. The van der Waals surface area contributed by atoms with Crippen LogP contribution in [0.25, 0.3) is 0 Å². The second-order valence-corrected chi connectivity index (χ2v) is 11.1. The van der Waals surface area contributed by atoms with Crippen LogP contribution in [0.2, 0.25) is 0 Å². The summed E-state index contributed by atoms with van der Waals surface area (Å²) in [5, 5.41) is 3.06. The number of methoxy groups -OCH3 is 1. The van der Waals surface area contributed by atoms with Gasteiger partial charge in [-0.25, -0.2) is 8.42 Å². The molecule has 1 atom stereocenters. The number of nitrogens with one attached hydrogen (secondary N) is 1. The number of aryl methyl sites for hydroxylation is 1. The molecule has 3 rings (SSSR count). The number of anilines is 1. The molecule has 0 radical (unpaired) electrons. The van der Waals surface area contributed by atoms with Crippen LogP contribution in [0.4, 0.5) is 5.69 Å².